The van der Waals surface area contributed by atoms with E-state index in [4.69, 9.17) is 4.74 Å². The van der Waals surface area contributed by atoms with E-state index in [0.717, 1.165) is 41.5 Å². The number of H-pyrrole nitrogens is 1. The van der Waals surface area contributed by atoms with Gasteiger partial charge in [-0.2, -0.15) is 0 Å². The fourth-order valence-corrected chi connectivity index (χ4v) is 2.70. The summed E-state index contributed by atoms with van der Waals surface area (Å²) >= 11 is 0. The second-order valence-electron chi connectivity index (χ2n) is 4.61. The summed E-state index contributed by atoms with van der Waals surface area (Å²) in [5.74, 6) is 0. The zero-order chi connectivity index (χ0) is 12.5. The van der Waals surface area contributed by atoms with E-state index < -0.39 is 0 Å². The molecule has 18 heavy (non-hydrogen) atoms. The first-order valence-corrected chi connectivity index (χ1v) is 6.19. The van der Waals surface area contributed by atoms with E-state index in [9.17, 15) is 4.79 Å². The van der Waals surface area contributed by atoms with Crippen molar-refractivity contribution < 1.29 is 4.74 Å². The maximum atomic E-state index is 12.1. The van der Waals surface area contributed by atoms with Gasteiger partial charge in [0.25, 0.3) is 5.56 Å². The highest BCUT2D eigenvalue weighted by atomic mass is 16.5. The normalized spacial score (nSPS) is 14.8. The lowest BCUT2D eigenvalue weighted by Gasteiger charge is -2.31. The Bertz CT molecular complexity index is 633. The third-order valence-corrected chi connectivity index (χ3v) is 3.45. The molecular weight excluding hydrogens is 228 g/mol. The van der Waals surface area contributed by atoms with Crippen LogP contribution in [0.15, 0.2) is 29.1 Å². The number of nitrogens with one attached hydrogen (secondary N) is 1. The van der Waals surface area contributed by atoms with Crippen LogP contribution in [0.4, 0.5) is 5.69 Å². The Morgan fingerprint density at radius 2 is 2.22 bits per heavy atom. The number of rotatable bonds is 2. The topological polar surface area (TPSA) is 45.3 Å². The number of methoxy groups -OCH3 is 1. The standard InChI is InChI=1S/C14H16N2O2/c1-18-9-16-8-4-6-11-13(16)10-5-2-3-7-12(10)15-14(11)17/h2-3,5,7H,4,6,8-9H2,1H3,(H,15,17). The number of hydrogen-bond donors (Lipinski definition) is 1. The van der Waals surface area contributed by atoms with Gasteiger partial charge >= 0.3 is 0 Å². The summed E-state index contributed by atoms with van der Waals surface area (Å²) in [7, 11) is 1.68. The summed E-state index contributed by atoms with van der Waals surface area (Å²) in [6.45, 7) is 1.47. The molecule has 1 aromatic heterocycles. The smallest absolute Gasteiger partial charge is 0.253 e. The van der Waals surface area contributed by atoms with Gasteiger partial charge in [-0.05, 0) is 18.9 Å². The summed E-state index contributed by atoms with van der Waals surface area (Å²) in [5.41, 5.74) is 2.85. The largest absolute Gasteiger partial charge is 0.364 e. The first-order chi connectivity index (χ1) is 8.81. The Hall–Kier alpha value is -1.81. The summed E-state index contributed by atoms with van der Waals surface area (Å²) in [5, 5.41) is 1.10. The molecule has 3 rings (SSSR count). The lowest BCUT2D eigenvalue weighted by molar-refractivity contribution is 0.196. The van der Waals surface area contributed by atoms with Gasteiger partial charge in [-0.15, -0.1) is 0 Å². The molecule has 4 nitrogen and oxygen atoms in total. The minimum atomic E-state index is 0.0319. The molecule has 0 atom stereocenters. The van der Waals surface area contributed by atoms with Crippen LogP contribution in [0.1, 0.15) is 12.0 Å². The molecule has 0 amide bonds. The summed E-state index contributed by atoms with van der Waals surface area (Å²) in [6, 6.07) is 7.93. The second-order valence-corrected chi connectivity index (χ2v) is 4.61. The molecular formula is C14H16N2O2. The van der Waals surface area contributed by atoms with Crippen molar-refractivity contribution in [3.8, 4) is 0 Å². The number of nitrogens with zero attached hydrogens (tertiary/aromatic N) is 1. The molecule has 0 fully saturated rings. The van der Waals surface area contributed by atoms with Crippen LogP contribution in [0.3, 0.4) is 0 Å². The maximum absolute atomic E-state index is 12.1. The van der Waals surface area contributed by atoms with E-state index in [2.05, 4.69) is 16.0 Å². The Balaban J connectivity index is 2.30. The number of aromatic amines is 1. The number of para-hydroxylation sites is 1. The van der Waals surface area contributed by atoms with Crippen LogP contribution in [-0.2, 0) is 11.2 Å². The Labute approximate surface area is 105 Å². The van der Waals surface area contributed by atoms with Gasteiger partial charge < -0.3 is 14.6 Å². The lowest BCUT2D eigenvalue weighted by atomic mass is 10.0. The van der Waals surface area contributed by atoms with E-state index in [1.165, 1.54) is 0 Å². The number of fused-ring (bicyclic) bond motifs is 3. The highest BCUT2D eigenvalue weighted by Gasteiger charge is 2.21. The van der Waals surface area contributed by atoms with Gasteiger partial charge in [-0.1, -0.05) is 18.2 Å². The van der Waals surface area contributed by atoms with Crippen molar-refractivity contribution in [2.24, 2.45) is 0 Å². The molecule has 1 aromatic carbocycles. The SMILES string of the molecule is COCN1CCCc2c1c1ccccc1[nH]c2=O. The number of aromatic nitrogens is 1. The van der Waals surface area contributed by atoms with E-state index in [1.54, 1.807) is 7.11 Å². The average molecular weight is 244 g/mol. The van der Waals surface area contributed by atoms with Crippen molar-refractivity contribution in [2.45, 2.75) is 12.8 Å². The van der Waals surface area contributed by atoms with Crippen LogP contribution in [-0.4, -0.2) is 25.4 Å². The number of pyridine rings is 1. The molecule has 0 radical (unpaired) electrons. The van der Waals surface area contributed by atoms with Crippen LogP contribution in [0.2, 0.25) is 0 Å². The van der Waals surface area contributed by atoms with Crippen LogP contribution < -0.4 is 10.5 Å². The van der Waals surface area contributed by atoms with Gasteiger partial charge in [0.1, 0.15) is 6.73 Å². The van der Waals surface area contributed by atoms with Crippen molar-refractivity contribution in [1.29, 1.82) is 0 Å². The Kier molecular flexibility index (Phi) is 2.80. The quantitative estimate of drug-likeness (QED) is 0.877. The van der Waals surface area contributed by atoms with Crippen LogP contribution in [0.25, 0.3) is 10.9 Å². The summed E-state index contributed by atoms with van der Waals surface area (Å²) in [4.78, 5) is 17.2. The minimum Gasteiger partial charge on any atom is -0.364 e. The van der Waals surface area contributed by atoms with E-state index >= 15 is 0 Å². The molecule has 0 aliphatic carbocycles. The van der Waals surface area contributed by atoms with Gasteiger partial charge in [0.05, 0.1) is 11.2 Å². The predicted octanol–water partition coefficient (Wildman–Crippen LogP) is 1.88. The number of ether oxygens (including phenoxy) is 1. The molecule has 0 spiro atoms. The van der Waals surface area contributed by atoms with Crippen molar-refractivity contribution in [1.82, 2.24) is 4.98 Å². The molecule has 4 heteroatoms. The third kappa shape index (κ3) is 1.69. The fraction of sp³-hybridized carbons (Fsp3) is 0.357. The number of hydrogen-bond acceptors (Lipinski definition) is 3. The molecule has 1 aliphatic rings. The Morgan fingerprint density at radius 1 is 1.39 bits per heavy atom. The van der Waals surface area contributed by atoms with Gasteiger partial charge in [0, 0.05) is 24.6 Å². The van der Waals surface area contributed by atoms with Gasteiger partial charge in [-0.3, -0.25) is 4.79 Å². The molecule has 1 aliphatic heterocycles. The van der Waals surface area contributed by atoms with Crippen LogP contribution >= 0.6 is 0 Å². The zero-order valence-corrected chi connectivity index (χ0v) is 10.4. The highest BCUT2D eigenvalue weighted by Crippen LogP contribution is 2.31. The van der Waals surface area contributed by atoms with Crippen molar-refractivity contribution in [3.63, 3.8) is 0 Å². The van der Waals surface area contributed by atoms with Crippen molar-refractivity contribution in [2.75, 3.05) is 25.3 Å². The molecule has 0 unspecified atom stereocenters. The predicted molar refractivity (Wildman–Crippen MR) is 72.1 cm³/mol. The number of benzene rings is 1. The van der Waals surface area contributed by atoms with Crippen molar-refractivity contribution >= 4 is 16.6 Å². The monoisotopic (exact) mass is 244 g/mol. The maximum Gasteiger partial charge on any atom is 0.253 e. The molecule has 2 heterocycles. The molecule has 0 saturated carbocycles. The van der Waals surface area contributed by atoms with Crippen LogP contribution in [0, 0.1) is 0 Å². The lowest BCUT2D eigenvalue weighted by Crippen LogP contribution is -2.34. The van der Waals surface area contributed by atoms with E-state index in [0.29, 0.717) is 6.73 Å². The van der Waals surface area contributed by atoms with Crippen molar-refractivity contribution in [3.05, 3.63) is 40.2 Å². The molecule has 1 N–H and O–H groups in total. The fourth-order valence-electron chi connectivity index (χ4n) is 2.70. The summed E-state index contributed by atoms with van der Waals surface area (Å²) < 4.78 is 5.24. The molecule has 0 bridgehead atoms. The van der Waals surface area contributed by atoms with Gasteiger partial charge in [-0.25, -0.2) is 0 Å². The third-order valence-electron chi connectivity index (χ3n) is 3.45. The summed E-state index contributed by atoms with van der Waals surface area (Å²) in [6.07, 6.45) is 1.84. The first-order valence-electron chi connectivity index (χ1n) is 6.19. The van der Waals surface area contributed by atoms with E-state index in [-0.39, 0.29) is 5.56 Å². The minimum absolute atomic E-state index is 0.0319. The van der Waals surface area contributed by atoms with Crippen LogP contribution in [0.5, 0.6) is 0 Å². The Morgan fingerprint density at radius 3 is 3.06 bits per heavy atom. The number of anilines is 1. The average Bonchev–Trinajstić information content (AvgIpc) is 2.40. The first kappa shape index (κ1) is 11.3. The van der Waals surface area contributed by atoms with Gasteiger partial charge in [0.15, 0.2) is 0 Å². The molecule has 0 saturated heterocycles. The zero-order valence-electron chi connectivity index (χ0n) is 10.4. The van der Waals surface area contributed by atoms with E-state index in [1.807, 2.05) is 18.2 Å². The molecule has 2 aromatic rings. The molecule has 94 valence electrons. The highest BCUT2D eigenvalue weighted by molar-refractivity contribution is 5.93. The second kappa shape index (κ2) is 4.46. The van der Waals surface area contributed by atoms with Gasteiger partial charge in [0.2, 0.25) is 0 Å².